The Morgan fingerprint density at radius 2 is 1.80 bits per heavy atom. The van der Waals surface area contributed by atoms with Crippen molar-refractivity contribution in [1.29, 1.82) is 0 Å². The first-order chi connectivity index (χ1) is 9.56. The van der Waals surface area contributed by atoms with Crippen LogP contribution in [0.25, 0.3) is 11.0 Å². The Labute approximate surface area is 116 Å². The summed E-state index contributed by atoms with van der Waals surface area (Å²) in [4.78, 5) is 35.2. The largest absolute Gasteiger partial charge is 0.327 e. The summed E-state index contributed by atoms with van der Waals surface area (Å²) in [5.74, 6) is -0.202. The molecule has 1 aliphatic heterocycles. The molecule has 2 aromatic rings. The minimum absolute atomic E-state index is 0.124. The van der Waals surface area contributed by atoms with Gasteiger partial charge >= 0.3 is 6.03 Å². The molecule has 0 N–H and O–H groups in total. The van der Waals surface area contributed by atoms with Gasteiger partial charge in [0, 0.05) is 7.05 Å². The van der Waals surface area contributed by atoms with Crippen molar-refractivity contribution in [3.05, 3.63) is 35.7 Å². The maximum absolute atomic E-state index is 11.9. The van der Waals surface area contributed by atoms with Gasteiger partial charge in [0.2, 0.25) is 0 Å². The topological polar surface area (TPSA) is 66.4 Å². The van der Waals surface area contributed by atoms with Crippen LogP contribution in [0.1, 0.15) is 11.4 Å². The van der Waals surface area contributed by atoms with Crippen molar-refractivity contribution in [2.45, 2.75) is 13.5 Å². The van der Waals surface area contributed by atoms with Crippen LogP contribution in [0.3, 0.4) is 0 Å². The standard InChI is InChI=1S/C14H14N4O2/c1-9-12(7-18-13(19)8-17(2)14(18)20)16-11-6-4-3-5-10(11)15-9/h3-6H,7-8H2,1-2H3. The number of fused-ring (bicyclic) bond motifs is 1. The molecule has 20 heavy (non-hydrogen) atoms. The van der Waals surface area contributed by atoms with Crippen LogP contribution in [0.5, 0.6) is 0 Å². The molecule has 6 heteroatoms. The number of amides is 3. The third-order valence-corrected chi connectivity index (χ3v) is 3.38. The third-order valence-electron chi connectivity index (χ3n) is 3.38. The van der Waals surface area contributed by atoms with Gasteiger partial charge in [0.25, 0.3) is 5.91 Å². The lowest BCUT2D eigenvalue weighted by Crippen LogP contribution is -2.31. The Balaban J connectivity index is 1.97. The van der Waals surface area contributed by atoms with E-state index in [0.29, 0.717) is 5.69 Å². The Bertz CT molecular complexity index is 713. The van der Waals surface area contributed by atoms with Crippen LogP contribution >= 0.6 is 0 Å². The fourth-order valence-electron chi connectivity index (χ4n) is 2.25. The third kappa shape index (κ3) is 1.99. The van der Waals surface area contributed by atoms with Gasteiger partial charge in [-0.2, -0.15) is 0 Å². The number of benzene rings is 1. The van der Waals surface area contributed by atoms with E-state index >= 15 is 0 Å². The van der Waals surface area contributed by atoms with Crippen LogP contribution in [0, 0.1) is 6.92 Å². The van der Waals surface area contributed by atoms with Crippen LogP contribution in [0.2, 0.25) is 0 Å². The molecule has 3 rings (SSSR count). The summed E-state index contributed by atoms with van der Waals surface area (Å²) in [6, 6.07) is 7.25. The van der Waals surface area contributed by atoms with E-state index in [-0.39, 0.29) is 25.0 Å². The predicted molar refractivity (Wildman–Crippen MR) is 72.9 cm³/mol. The summed E-state index contributed by atoms with van der Waals surface area (Å²) < 4.78 is 0. The molecule has 0 bridgehead atoms. The van der Waals surface area contributed by atoms with Crippen LogP contribution < -0.4 is 0 Å². The van der Waals surface area contributed by atoms with Gasteiger partial charge in [0.05, 0.1) is 29.0 Å². The summed E-state index contributed by atoms with van der Waals surface area (Å²) in [5.41, 5.74) is 2.96. The van der Waals surface area contributed by atoms with E-state index in [2.05, 4.69) is 9.97 Å². The number of carbonyl (C=O) groups excluding carboxylic acids is 2. The number of aryl methyl sites for hydroxylation is 1. The lowest BCUT2D eigenvalue weighted by atomic mass is 10.2. The maximum atomic E-state index is 11.9. The number of aromatic nitrogens is 2. The zero-order chi connectivity index (χ0) is 14.3. The first kappa shape index (κ1) is 12.5. The smallest absolute Gasteiger partial charge is 0.318 e. The summed E-state index contributed by atoms with van der Waals surface area (Å²) in [6.45, 7) is 2.13. The van der Waals surface area contributed by atoms with Crippen molar-refractivity contribution in [3.63, 3.8) is 0 Å². The monoisotopic (exact) mass is 270 g/mol. The summed E-state index contributed by atoms with van der Waals surface area (Å²) in [5, 5.41) is 0. The Morgan fingerprint density at radius 1 is 1.15 bits per heavy atom. The number of rotatable bonds is 2. The van der Waals surface area contributed by atoms with Gasteiger partial charge < -0.3 is 4.90 Å². The second-order valence-electron chi connectivity index (χ2n) is 4.86. The van der Waals surface area contributed by atoms with Gasteiger partial charge in [-0.1, -0.05) is 12.1 Å². The van der Waals surface area contributed by atoms with Gasteiger partial charge in [-0.25, -0.2) is 14.8 Å². The lowest BCUT2D eigenvalue weighted by molar-refractivity contribution is -0.125. The lowest BCUT2D eigenvalue weighted by Gasteiger charge is -2.15. The predicted octanol–water partition coefficient (Wildman–Crippen LogP) is 1.33. The normalized spacial score (nSPS) is 15.5. The van der Waals surface area contributed by atoms with Crippen LogP contribution in [-0.4, -0.2) is 45.3 Å². The van der Waals surface area contributed by atoms with Crippen molar-refractivity contribution in [1.82, 2.24) is 19.8 Å². The molecule has 1 aromatic heterocycles. The second kappa shape index (κ2) is 4.56. The maximum Gasteiger partial charge on any atom is 0.327 e. The molecule has 0 spiro atoms. The van der Waals surface area contributed by atoms with Gasteiger partial charge in [0.15, 0.2) is 0 Å². The average Bonchev–Trinajstić information content (AvgIpc) is 2.66. The van der Waals surface area contributed by atoms with Crippen molar-refractivity contribution in [3.8, 4) is 0 Å². The van der Waals surface area contributed by atoms with E-state index in [0.717, 1.165) is 16.7 Å². The highest BCUT2D eigenvalue weighted by Gasteiger charge is 2.34. The van der Waals surface area contributed by atoms with Crippen LogP contribution in [0.15, 0.2) is 24.3 Å². The van der Waals surface area contributed by atoms with Gasteiger partial charge in [-0.15, -0.1) is 0 Å². The molecule has 3 amide bonds. The molecule has 6 nitrogen and oxygen atoms in total. The number of imide groups is 1. The average molecular weight is 270 g/mol. The molecule has 0 saturated carbocycles. The minimum Gasteiger partial charge on any atom is -0.318 e. The molecule has 1 aliphatic rings. The molecule has 1 aromatic carbocycles. The second-order valence-corrected chi connectivity index (χ2v) is 4.86. The fourth-order valence-corrected chi connectivity index (χ4v) is 2.25. The quantitative estimate of drug-likeness (QED) is 0.772. The molecular formula is C14H14N4O2. The summed E-state index contributed by atoms with van der Waals surface area (Å²) >= 11 is 0. The summed E-state index contributed by atoms with van der Waals surface area (Å²) in [7, 11) is 1.61. The van der Waals surface area contributed by atoms with E-state index in [4.69, 9.17) is 0 Å². The fraction of sp³-hybridized carbons (Fsp3) is 0.286. The number of nitrogens with zero attached hydrogens (tertiary/aromatic N) is 4. The number of para-hydroxylation sites is 2. The number of carbonyl (C=O) groups is 2. The van der Waals surface area contributed by atoms with E-state index in [1.54, 1.807) is 7.05 Å². The number of urea groups is 1. The molecule has 102 valence electrons. The molecule has 2 heterocycles. The van der Waals surface area contributed by atoms with Crippen molar-refractivity contribution in [2.75, 3.05) is 13.6 Å². The zero-order valence-corrected chi connectivity index (χ0v) is 11.3. The number of hydrogen-bond acceptors (Lipinski definition) is 4. The van der Waals surface area contributed by atoms with Crippen LogP contribution in [-0.2, 0) is 11.3 Å². The molecular weight excluding hydrogens is 256 g/mol. The highest BCUT2D eigenvalue weighted by molar-refractivity contribution is 6.01. The van der Waals surface area contributed by atoms with E-state index in [9.17, 15) is 9.59 Å². The highest BCUT2D eigenvalue weighted by Crippen LogP contribution is 2.17. The molecule has 0 radical (unpaired) electrons. The van der Waals surface area contributed by atoms with Crippen molar-refractivity contribution in [2.24, 2.45) is 0 Å². The minimum atomic E-state index is -0.288. The first-order valence-electron chi connectivity index (χ1n) is 6.34. The van der Waals surface area contributed by atoms with Gasteiger partial charge in [0.1, 0.15) is 6.54 Å². The Hall–Kier alpha value is -2.50. The van der Waals surface area contributed by atoms with E-state index in [1.807, 2.05) is 31.2 Å². The van der Waals surface area contributed by atoms with Crippen LogP contribution in [0.4, 0.5) is 4.79 Å². The molecule has 1 saturated heterocycles. The van der Waals surface area contributed by atoms with Crippen molar-refractivity contribution < 1.29 is 9.59 Å². The molecule has 0 aliphatic carbocycles. The number of hydrogen-bond donors (Lipinski definition) is 0. The van der Waals surface area contributed by atoms with Gasteiger partial charge in [-0.05, 0) is 19.1 Å². The highest BCUT2D eigenvalue weighted by atomic mass is 16.2. The van der Waals surface area contributed by atoms with E-state index in [1.165, 1.54) is 9.80 Å². The Morgan fingerprint density at radius 3 is 2.40 bits per heavy atom. The molecule has 0 atom stereocenters. The van der Waals surface area contributed by atoms with Gasteiger partial charge in [-0.3, -0.25) is 9.69 Å². The first-order valence-corrected chi connectivity index (χ1v) is 6.34. The van der Waals surface area contributed by atoms with E-state index < -0.39 is 0 Å². The molecule has 1 fully saturated rings. The number of likely N-dealkylation sites (N-methyl/N-ethyl adjacent to an activating group) is 1. The summed E-state index contributed by atoms with van der Waals surface area (Å²) in [6.07, 6.45) is 0. The SMILES string of the molecule is Cc1nc2ccccc2nc1CN1C(=O)CN(C)C1=O. The van der Waals surface area contributed by atoms with Crippen molar-refractivity contribution >= 4 is 23.0 Å². The Kier molecular flexibility index (Phi) is 2.85. The zero-order valence-electron chi connectivity index (χ0n) is 11.3. The molecule has 0 unspecified atom stereocenters.